The van der Waals surface area contributed by atoms with E-state index in [-0.39, 0.29) is 12.3 Å². The van der Waals surface area contributed by atoms with Gasteiger partial charge in [0.15, 0.2) is 4.47 Å². The highest BCUT2D eigenvalue weighted by atomic mass is 35.5. The molecule has 7 heteroatoms. The number of halogens is 2. The summed E-state index contributed by atoms with van der Waals surface area (Å²) in [5.74, 6) is -0.912. The lowest BCUT2D eigenvalue weighted by molar-refractivity contribution is 0.0526. The molecule has 4 nitrogen and oxygen atoms in total. The first-order chi connectivity index (χ1) is 9.60. The Labute approximate surface area is 124 Å². The van der Waals surface area contributed by atoms with E-state index < -0.39 is 11.8 Å². The molecular weight excluding hydrogens is 303 g/mol. The van der Waals surface area contributed by atoms with Gasteiger partial charge in [0, 0.05) is 11.1 Å². The zero-order valence-electron chi connectivity index (χ0n) is 10.7. The molecule has 2 rings (SSSR count). The summed E-state index contributed by atoms with van der Waals surface area (Å²) in [6, 6.07) is 4.05. The first-order valence-electron chi connectivity index (χ1n) is 5.91. The number of rotatable bonds is 5. The van der Waals surface area contributed by atoms with E-state index >= 15 is 0 Å². The number of anilines is 1. The van der Waals surface area contributed by atoms with Crippen molar-refractivity contribution in [3.8, 4) is 0 Å². The summed E-state index contributed by atoms with van der Waals surface area (Å²) in [6.45, 7) is 2.38. The van der Waals surface area contributed by atoms with E-state index in [1.165, 1.54) is 29.5 Å². The number of hydrogen-bond donors (Lipinski definition) is 1. The molecule has 106 valence electrons. The number of nitrogens with one attached hydrogen (secondary N) is 1. The summed E-state index contributed by atoms with van der Waals surface area (Å²) >= 11 is 7.03. The molecule has 0 amide bonds. The number of aromatic nitrogens is 1. The lowest BCUT2D eigenvalue weighted by Gasteiger charge is -2.08. The van der Waals surface area contributed by atoms with Crippen LogP contribution < -0.4 is 5.32 Å². The molecular formula is C13H12ClFN2O2S. The van der Waals surface area contributed by atoms with Gasteiger partial charge in [-0.3, -0.25) is 0 Å². The van der Waals surface area contributed by atoms with Gasteiger partial charge < -0.3 is 10.1 Å². The van der Waals surface area contributed by atoms with Crippen molar-refractivity contribution < 1.29 is 13.9 Å². The molecule has 0 saturated carbocycles. The third kappa shape index (κ3) is 3.68. The van der Waals surface area contributed by atoms with Crippen LogP contribution in [-0.4, -0.2) is 17.6 Å². The van der Waals surface area contributed by atoms with Crippen LogP contribution in [0.15, 0.2) is 24.4 Å². The Morgan fingerprint density at radius 2 is 2.35 bits per heavy atom. The van der Waals surface area contributed by atoms with Gasteiger partial charge in [-0.1, -0.05) is 11.6 Å². The Bertz CT molecular complexity index is 618. The molecule has 0 aliphatic heterocycles. The van der Waals surface area contributed by atoms with Gasteiger partial charge in [0.05, 0.1) is 24.4 Å². The first kappa shape index (κ1) is 14.7. The average molecular weight is 315 g/mol. The minimum absolute atomic E-state index is 0.236. The van der Waals surface area contributed by atoms with Crippen molar-refractivity contribution in [1.82, 2.24) is 4.98 Å². The van der Waals surface area contributed by atoms with Crippen LogP contribution in [0.4, 0.5) is 10.1 Å². The van der Waals surface area contributed by atoms with Crippen molar-refractivity contribution in [2.75, 3.05) is 11.9 Å². The maximum atomic E-state index is 13.7. The van der Waals surface area contributed by atoms with E-state index in [2.05, 4.69) is 10.3 Å². The zero-order valence-corrected chi connectivity index (χ0v) is 12.2. The van der Waals surface area contributed by atoms with Gasteiger partial charge in [-0.25, -0.2) is 14.2 Å². The fourth-order valence-corrected chi connectivity index (χ4v) is 2.47. The molecule has 0 bridgehead atoms. The van der Waals surface area contributed by atoms with Crippen molar-refractivity contribution in [2.45, 2.75) is 13.5 Å². The fraction of sp³-hybridized carbons (Fsp3) is 0.231. The third-order valence-electron chi connectivity index (χ3n) is 2.46. The third-order valence-corrected chi connectivity index (χ3v) is 3.57. The molecule has 1 heterocycles. The van der Waals surface area contributed by atoms with Crippen LogP contribution in [0.1, 0.15) is 22.2 Å². The van der Waals surface area contributed by atoms with E-state index in [0.29, 0.717) is 16.6 Å². The number of carbonyl (C=O) groups excluding carboxylic acids is 1. The van der Waals surface area contributed by atoms with Crippen LogP contribution in [0, 0.1) is 5.82 Å². The molecule has 0 aliphatic rings. The van der Waals surface area contributed by atoms with Crippen LogP contribution in [0.3, 0.4) is 0 Å². The quantitative estimate of drug-likeness (QED) is 0.854. The van der Waals surface area contributed by atoms with Gasteiger partial charge in [-0.15, -0.1) is 11.3 Å². The van der Waals surface area contributed by atoms with Gasteiger partial charge in [-0.2, -0.15) is 0 Å². The van der Waals surface area contributed by atoms with E-state index in [9.17, 15) is 9.18 Å². The van der Waals surface area contributed by atoms with E-state index in [4.69, 9.17) is 16.3 Å². The molecule has 0 fully saturated rings. The summed E-state index contributed by atoms with van der Waals surface area (Å²) in [6.07, 6.45) is 1.62. The highest BCUT2D eigenvalue weighted by Gasteiger charge is 2.10. The summed E-state index contributed by atoms with van der Waals surface area (Å²) in [7, 11) is 0. The van der Waals surface area contributed by atoms with Gasteiger partial charge in [0.25, 0.3) is 0 Å². The maximum absolute atomic E-state index is 13.7. The lowest BCUT2D eigenvalue weighted by Crippen LogP contribution is -2.07. The molecule has 1 N–H and O–H groups in total. The van der Waals surface area contributed by atoms with Crippen LogP contribution in [0.2, 0.25) is 4.47 Å². The Hall–Kier alpha value is -1.66. The number of carbonyl (C=O) groups is 1. The first-order valence-corrected chi connectivity index (χ1v) is 7.10. The van der Waals surface area contributed by atoms with Gasteiger partial charge in [0.2, 0.25) is 0 Å². The summed E-state index contributed by atoms with van der Waals surface area (Å²) < 4.78 is 19.0. The van der Waals surface area contributed by atoms with Crippen LogP contribution in [0.25, 0.3) is 0 Å². The van der Waals surface area contributed by atoms with E-state index in [0.717, 1.165) is 4.88 Å². The molecule has 0 unspecified atom stereocenters. The molecule has 0 radical (unpaired) electrons. The van der Waals surface area contributed by atoms with Crippen LogP contribution >= 0.6 is 22.9 Å². The van der Waals surface area contributed by atoms with E-state index in [1.54, 1.807) is 13.1 Å². The normalized spacial score (nSPS) is 10.3. The molecule has 1 aromatic heterocycles. The molecule has 2 aromatic rings. The van der Waals surface area contributed by atoms with Gasteiger partial charge >= 0.3 is 5.97 Å². The molecule has 0 spiro atoms. The lowest BCUT2D eigenvalue weighted by atomic mass is 10.2. The average Bonchev–Trinajstić information content (AvgIpc) is 2.84. The van der Waals surface area contributed by atoms with Crippen molar-refractivity contribution in [3.05, 3.63) is 45.1 Å². The number of nitrogens with zero attached hydrogens (tertiary/aromatic N) is 1. The minimum atomic E-state index is -0.476. The van der Waals surface area contributed by atoms with Crippen LogP contribution in [0.5, 0.6) is 0 Å². The Morgan fingerprint density at radius 1 is 1.55 bits per heavy atom. The highest BCUT2D eigenvalue weighted by Crippen LogP contribution is 2.21. The fourth-order valence-electron chi connectivity index (χ4n) is 1.55. The smallest absolute Gasteiger partial charge is 0.338 e. The molecule has 0 saturated heterocycles. The number of hydrogen-bond acceptors (Lipinski definition) is 5. The van der Waals surface area contributed by atoms with Crippen molar-refractivity contribution in [1.29, 1.82) is 0 Å². The summed E-state index contributed by atoms with van der Waals surface area (Å²) in [5.41, 5.74) is 0.540. The molecule has 0 aliphatic carbocycles. The zero-order chi connectivity index (χ0) is 14.5. The molecule has 20 heavy (non-hydrogen) atoms. The topological polar surface area (TPSA) is 51.2 Å². The second-order valence-corrected chi connectivity index (χ2v) is 5.55. The van der Waals surface area contributed by atoms with E-state index in [1.807, 2.05) is 0 Å². The van der Waals surface area contributed by atoms with Crippen molar-refractivity contribution >= 4 is 34.6 Å². The highest BCUT2D eigenvalue weighted by molar-refractivity contribution is 7.15. The standard InChI is InChI=1S/C13H12ClFN2O2S/c1-2-19-12(18)8-3-4-10(15)11(5-8)16-6-9-7-17-13(14)20-9/h3-5,7,16H,2,6H2,1H3. The number of thiazole rings is 1. The summed E-state index contributed by atoms with van der Waals surface area (Å²) in [5, 5.41) is 2.91. The number of benzene rings is 1. The predicted molar refractivity (Wildman–Crippen MR) is 76.8 cm³/mol. The monoisotopic (exact) mass is 314 g/mol. The molecule has 0 atom stereocenters. The Morgan fingerprint density at radius 3 is 3.00 bits per heavy atom. The maximum Gasteiger partial charge on any atom is 0.338 e. The Kier molecular flexibility index (Phi) is 4.92. The number of ether oxygens (including phenoxy) is 1. The van der Waals surface area contributed by atoms with Crippen molar-refractivity contribution in [3.63, 3.8) is 0 Å². The Balaban J connectivity index is 2.10. The van der Waals surface area contributed by atoms with Crippen LogP contribution in [-0.2, 0) is 11.3 Å². The molecule has 1 aromatic carbocycles. The largest absolute Gasteiger partial charge is 0.462 e. The van der Waals surface area contributed by atoms with Crippen molar-refractivity contribution in [2.24, 2.45) is 0 Å². The van der Waals surface area contributed by atoms with Gasteiger partial charge in [0.1, 0.15) is 5.82 Å². The predicted octanol–water partition coefficient (Wildman–Crippen LogP) is 3.72. The minimum Gasteiger partial charge on any atom is -0.462 e. The second-order valence-electron chi connectivity index (χ2n) is 3.85. The SMILES string of the molecule is CCOC(=O)c1ccc(F)c(NCc2cnc(Cl)s2)c1. The second kappa shape index (κ2) is 6.67. The summed E-state index contributed by atoms with van der Waals surface area (Å²) in [4.78, 5) is 16.4. The van der Waals surface area contributed by atoms with Gasteiger partial charge in [-0.05, 0) is 25.1 Å². The number of esters is 1.